The van der Waals surface area contributed by atoms with Gasteiger partial charge in [-0.25, -0.2) is 0 Å². The lowest BCUT2D eigenvalue weighted by Crippen LogP contribution is -2.33. The molecule has 1 atom stereocenters. The molecule has 4 aromatic rings. The van der Waals surface area contributed by atoms with Gasteiger partial charge in [0.1, 0.15) is 30.5 Å². The Morgan fingerprint density at radius 2 is 1.60 bits per heavy atom. The Morgan fingerprint density at radius 1 is 0.850 bits per heavy atom. The van der Waals surface area contributed by atoms with E-state index in [0.29, 0.717) is 11.8 Å². The zero-order valence-corrected chi connectivity index (χ0v) is 24.3. The van der Waals surface area contributed by atoms with Gasteiger partial charge in [-0.15, -0.1) is 11.3 Å². The first-order valence-electron chi connectivity index (χ1n) is 14.7. The van der Waals surface area contributed by atoms with E-state index in [1.807, 2.05) is 12.1 Å². The lowest BCUT2D eigenvalue weighted by Gasteiger charge is -2.26. The van der Waals surface area contributed by atoms with Crippen LogP contribution >= 0.6 is 11.3 Å². The fourth-order valence-electron chi connectivity index (χ4n) is 6.02. The topological polar surface area (TPSA) is 45.2 Å². The van der Waals surface area contributed by atoms with Gasteiger partial charge < -0.3 is 19.5 Å². The highest BCUT2D eigenvalue weighted by Crippen LogP contribution is 2.41. The lowest BCUT2D eigenvalue weighted by molar-refractivity contribution is 0.183. The second kappa shape index (κ2) is 12.6. The van der Waals surface area contributed by atoms with Crippen LogP contribution in [0.3, 0.4) is 0 Å². The molecular formula is C34H40N2O3S. The van der Waals surface area contributed by atoms with Crippen molar-refractivity contribution in [2.24, 2.45) is 0 Å². The summed E-state index contributed by atoms with van der Waals surface area (Å²) in [6, 6.07) is 23.3. The summed E-state index contributed by atoms with van der Waals surface area (Å²) in [7, 11) is 2.18. The minimum Gasteiger partial charge on any atom is -0.508 e. The Kier molecular flexibility index (Phi) is 8.57. The van der Waals surface area contributed by atoms with Crippen molar-refractivity contribution >= 4 is 21.4 Å². The molecular weight excluding hydrogens is 516 g/mol. The van der Waals surface area contributed by atoms with Gasteiger partial charge in [-0.1, -0.05) is 18.6 Å². The van der Waals surface area contributed by atoms with E-state index in [2.05, 4.69) is 65.4 Å². The summed E-state index contributed by atoms with van der Waals surface area (Å²) >= 11 is 1.74. The van der Waals surface area contributed by atoms with E-state index in [9.17, 15) is 5.11 Å². The van der Waals surface area contributed by atoms with Crippen molar-refractivity contribution in [1.29, 1.82) is 0 Å². The molecule has 1 aromatic heterocycles. The van der Waals surface area contributed by atoms with E-state index in [0.717, 1.165) is 48.9 Å². The number of hydrogen-bond acceptors (Lipinski definition) is 6. The van der Waals surface area contributed by atoms with Crippen LogP contribution in [-0.2, 0) is 6.42 Å². The molecule has 2 fully saturated rings. The predicted octanol–water partition coefficient (Wildman–Crippen LogP) is 7.20. The zero-order valence-electron chi connectivity index (χ0n) is 23.5. The van der Waals surface area contributed by atoms with E-state index in [-0.39, 0.29) is 0 Å². The van der Waals surface area contributed by atoms with Crippen molar-refractivity contribution in [3.05, 3.63) is 77.9 Å². The first kappa shape index (κ1) is 27.1. The minimum atomic E-state index is 0.304. The van der Waals surface area contributed by atoms with Gasteiger partial charge in [-0.2, -0.15) is 0 Å². The molecule has 0 radical (unpaired) electrons. The number of benzene rings is 3. The maximum absolute atomic E-state index is 10.1. The molecule has 0 amide bonds. The first-order valence-corrected chi connectivity index (χ1v) is 15.6. The van der Waals surface area contributed by atoms with Crippen LogP contribution < -0.4 is 9.47 Å². The number of likely N-dealkylation sites (N-methyl/N-ethyl adjacent to an activating group) is 1. The Balaban J connectivity index is 1.16. The fourth-order valence-corrected chi connectivity index (χ4v) is 7.28. The van der Waals surface area contributed by atoms with Crippen molar-refractivity contribution in [2.45, 2.75) is 44.6 Å². The predicted molar refractivity (Wildman–Crippen MR) is 165 cm³/mol. The molecule has 5 nitrogen and oxygen atoms in total. The molecule has 1 N–H and O–H groups in total. The molecule has 6 rings (SSSR count). The van der Waals surface area contributed by atoms with Crippen LogP contribution in [0.5, 0.6) is 17.2 Å². The van der Waals surface area contributed by atoms with Crippen molar-refractivity contribution in [3.8, 4) is 27.7 Å². The van der Waals surface area contributed by atoms with Gasteiger partial charge in [-0.05, 0) is 135 Å². The molecule has 3 aromatic carbocycles. The van der Waals surface area contributed by atoms with Crippen molar-refractivity contribution in [2.75, 3.05) is 46.4 Å². The molecule has 2 aliphatic heterocycles. The van der Waals surface area contributed by atoms with E-state index in [4.69, 9.17) is 9.47 Å². The lowest BCUT2D eigenvalue weighted by atomic mass is 9.99. The van der Waals surface area contributed by atoms with Gasteiger partial charge in [-0.3, -0.25) is 4.90 Å². The van der Waals surface area contributed by atoms with Crippen LogP contribution in [0.25, 0.3) is 20.5 Å². The van der Waals surface area contributed by atoms with E-state index in [1.54, 1.807) is 17.4 Å². The second-order valence-corrected chi connectivity index (χ2v) is 12.3. The first-order chi connectivity index (χ1) is 19.6. The van der Waals surface area contributed by atoms with Gasteiger partial charge in [0.2, 0.25) is 0 Å². The van der Waals surface area contributed by atoms with Crippen LogP contribution in [0.1, 0.15) is 43.2 Å². The number of nitrogens with zero attached hydrogens (tertiary/aromatic N) is 2. The standard InChI is InChI=1S/C34H40N2O3S/c1-35-17-5-6-27(35)24-39-30-14-9-26(10-15-30)34-32(31-16-11-28(37)23-33(31)40-34)22-25-7-12-29(13-8-25)38-21-20-36-18-3-2-4-19-36/h7-16,23,27,37H,2-6,17-22,24H2,1H3. The average Bonchev–Trinajstić information content (AvgIpc) is 3.56. The molecule has 0 saturated carbocycles. The van der Waals surface area contributed by atoms with Gasteiger partial charge in [0, 0.05) is 22.2 Å². The van der Waals surface area contributed by atoms with Crippen LogP contribution in [0.4, 0.5) is 0 Å². The summed E-state index contributed by atoms with van der Waals surface area (Å²) in [4.78, 5) is 6.14. The number of hydrogen-bond donors (Lipinski definition) is 1. The Bertz CT molecular complexity index is 1390. The molecule has 210 valence electrons. The van der Waals surface area contributed by atoms with Crippen LogP contribution in [-0.4, -0.2) is 67.4 Å². The summed E-state index contributed by atoms with van der Waals surface area (Å²) in [6.45, 7) is 6.03. The molecule has 0 aliphatic carbocycles. The Morgan fingerprint density at radius 3 is 2.35 bits per heavy atom. The monoisotopic (exact) mass is 556 g/mol. The van der Waals surface area contributed by atoms with Crippen LogP contribution in [0, 0.1) is 0 Å². The largest absolute Gasteiger partial charge is 0.508 e. The SMILES string of the molecule is CN1CCCC1COc1ccc(-c2sc3cc(O)ccc3c2Cc2ccc(OCCN3CCCCC3)cc2)cc1. The maximum atomic E-state index is 10.1. The normalized spacial score (nSPS) is 18.4. The summed E-state index contributed by atoms with van der Waals surface area (Å²) in [5, 5.41) is 11.3. The quantitative estimate of drug-likeness (QED) is 0.224. The molecule has 2 saturated heterocycles. The molecule has 0 spiro atoms. The summed E-state index contributed by atoms with van der Waals surface area (Å²) in [6.07, 6.45) is 7.26. The molecule has 6 heteroatoms. The number of phenols is 1. The third-order valence-corrected chi connectivity index (χ3v) is 9.68. The third-order valence-electron chi connectivity index (χ3n) is 8.44. The van der Waals surface area contributed by atoms with Gasteiger partial charge in [0.05, 0.1) is 0 Å². The van der Waals surface area contributed by atoms with Crippen molar-refractivity contribution < 1.29 is 14.6 Å². The fraction of sp³-hybridized carbons (Fsp3) is 0.412. The highest BCUT2D eigenvalue weighted by molar-refractivity contribution is 7.22. The molecule has 3 heterocycles. The number of rotatable bonds is 10. The number of thiophene rings is 1. The summed E-state index contributed by atoms with van der Waals surface area (Å²) in [5.74, 6) is 2.15. The van der Waals surface area contributed by atoms with E-state index >= 15 is 0 Å². The Hall–Kier alpha value is -3.06. The maximum Gasteiger partial charge on any atom is 0.119 e. The third kappa shape index (κ3) is 6.46. The summed E-state index contributed by atoms with van der Waals surface area (Å²) < 4.78 is 13.3. The van der Waals surface area contributed by atoms with Crippen LogP contribution in [0.15, 0.2) is 66.7 Å². The van der Waals surface area contributed by atoms with Crippen molar-refractivity contribution in [3.63, 3.8) is 0 Å². The highest BCUT2D eigenvalue weighted by Gasteiger charge is 2.21. The number of ether oxygens (including phenoxy) is 2. The summed E-state index contributed by atoms with van der Waals surface area (Å²) in [5.41, 5.74) is 3.72. The second-order valence-electron chi connectivity index (χ2n) is 11.3. The Labute approximate surface area is 242 Å². The number of piperidine rings is 1. The van der Waals surface area contributed by atoms with Gasteiger partial charge in [0.25, 0.3) is 0 Å². The average molecular weight is 557 g/mol. The molecule has 40 heavy (non-hydrogen) atoms. The zero-order chi connectivity index (χ0) is 27.3. The number of phenolic OH excluding ortho intramolecular Hbond substituents is 1. The number of aromatic hydroxyl groups is 1. The minimum absolute atomic E-state index is 0.304. The van der Waals surface area contributed by atoms with E-state index < -0.39 is 0 Å². The molecule has 0 bridgehead atoms. The van der Waals surface area contributed by atoms with Crippen molar-refractivity contribution in [1.82, 2.24) is 9.80 Å². The van der Waals surface area contributed by atoms with Gasteiger partial charge in [0.15, 0.2) is 0 Å². The highest BCUT2D eigenvalue weighted by atomic mass is 32.1. The number of likely N-dealkylation sites (tertiary alicyclic amines) is 2. The number of fused-ring (bicyclic) bond motifs is 1. The van der Waals surface area contributed by atoms with Crippen LogP contribution in [0.2, 0.25) is 0 Å². The molecule has 1 unspecified atom stereocenters. The molecule has 2 aliphatic rings. The smallest absolute Gasteiger partial charge is 0.119 e. The van der Waals surface area contributed by atoms with E-state index in [1.165, 1.54) is 72.1 Å². The van der Waals surface area contributed by atoms with Gasteiger partial charge >= 0.3 is 0 Å².